The van der Waals surface area contributed by atoms with E-state index in [2.05, 4.69) is 10.1 Å². The highest BCUT2D eigenvalue weighted by Crippen LogP contribution is 2.29. The Kier molecular flexibility index (Phi) is 3.64. The summed E-state index contributed by atoms with van der Waals surface area (Å²) in [5, 5.41) is 3.74. The van der Waals surface area contributed by atoms with Gasteiger partial charge in [0.05, 0.1) is 5.56 Å². The van der Waals surface area contributed by atoms with Crippen molar-refractivity contribution < 1.29 is 18.0 Å². The van der Waals surface area contributed by atoms with Gasteiger partial charge in [0.15, 0.2) is 5.82 Å². The van der Waals surface area contributed by atoms with E-state index in [-0.39, 0.29) is 22.1 Å². The fourth-order valence-corrected chi connectivity index (χ4v) is 1.71. The first kappa shape index (κ1) is 14.9. The molecule has 1 amide bonds. The number of thiocarbonyl (C=S) groups is 1. The van der Waals surface area contributed by atoms with Crippen LogP contribution in [0.5, 0.6) is 0 Å². The number of hydrogen-bond acceptors (Lipinski definition) is 4. The summed E-state index contributed by atoms with van der Waals surface area (Å²) in [5.41, 5.74) is 9.33. The molecule has 0 saturated heterocycles. The SMILES string of the molecule is NC(=O)c1ccn(-c2nc(C(F)(F)F)ccc2C(N)=S)n1. The van der Waals surface area contributed by atoms with Crippen molar-refractivity contribution in [2.45, 2.75) is 6.18 Å². The number of pyridine rings is 1. The summed E-state index contributed by atoms with van der Waals surface area (Å²) in [6, 6.07) is 3.10. The lowest BCUT2D eigenvalue weighted by Crippen LogP contribution is -2.19. The molecule has 21 heavy (non-hydrogen) atoms. The van der Waals surface area contributed by atoms with Crippen LogP contribution in [0.1, 0.15) is 21.7 Å². The van der Waals surface area contributed by atoms with Crippen molar-refractivity contribution in [3.05, 3.63) is 41.3 Å². The minimum absolute atomic E-state index is 0.0946. The van der Waals surface area contributed by atoms with E-state index in [1.54, 1.807) is 0 Å². The number of nitrogens with two attached hydrogens (primary N) is 2. The molecule has 0 saturated carbocycles. The van der Waals surface area contributed by atoms with Crippen molar-refractivity contribution in [3.63, 3.8) is 0 Å². The number of aromatic nitrogens is 3. The molecule has 2 aromatic heterocycles. The van der Waals surface area contributed by atoms with E-state index in [1.807, 2.05) is 0 Å². The third-order valence-corrected chi connectivity index (χ3v) is 2.71. The standard InChI is InChI=1S/C11H8F3N5OS/c12-11(13,14)7-2-1-5(9(16)21)10(17-7)19-4-3-6(18-19)8(15)20/h1-4H,(H2,15,20)(H2,16,21). The number of rotatable bonds is 3. The number of halogens is 3. The Bertz CT molecular complexity index is 725. The van der Waals surface area contributed by atoms with Crippen LogP contribution in [-0.2, 0) is 6.18 Å². The van der Waals surface area contributed by atoms with E-state index in [4.69, 9.17) is 23.7 Å². The third kappa shape index (κ3) is 2.99. The number of carbonyl (C=O) groups excluding carboxylic acids is 1. The highest BCUT2D eigenvalue weighted by Gasteiger charge is 2.33. The molecule has 0 bridgehead atoms. The number of nitrogens with zero attached hydrogens (tertiary/aromatic N) is 3. The Labute approximate surface area is 121 Å². The van der Waals surface area contributed by atoms with Gasteiger partial charge in [0.1, 0.15) is 16.4 Å². The van der Waals surface area contributed by atoms with Gasteiger partial charge in [-0.05, 0) is 18.2 Å². The number of alkyl halides is 3. The number of hydrogen-bond donors (Lipinski definition) is 2. The first-order chi connectivity index (χ1) is 9.70. The minimum Gasteiger partial charge on any atom is -0.389 e. The van der Waals surface area contributed by atoms with Gasteiger partial charge < -0.3 is 11.5 Å². The zero-order chi connectivity index (χ0) is 15.8. The lowest BCUT2D eigenvalue weighted by Gasteiger charge is -2.11. The molecule has 2 rings (SSSR count). The Morgan fingerprint density at radius 1 is 1.24 bits per heavy atom. The maximum absolute atomic E-state index is 12.7. The summed E-state index contributed by atoms with van der Waals surface area (Å²) < 4.78 is 39.1. The zero-order valence-electron chi connectivity index (χ0n) is 10.3. The van der Waals surface area contributed by atoms with Gasteiger partial charge in [-0.1, -0.05) is 12.2 Å². The van der Waals surface area contributed by atoms with Gasteiger partial charge >= 0.3 is 6.18 Å². The molecule has 2 aromatic rings. The maximum atomic E-state index is 12.7. The second kappa shape index (κ2) is 5.13. The molecule has 0 fully saturated rings. The molecule has 110 valence electrons. The van der Waals surface area contributed by atoms with E-state index in [1.165, 1.54) is 12.3 Å². The summed E-state index contributed by atoms with van der Waals surface area (Å²) in [5.74, 6) is -1.05. The van der Waals surface area contributed by atoms with E-state index in [9.17, 15) is 18.0 Å². The monoisotopic (exact) mass is 315 g/mol. The molecule has 6 nitrogen and oxygen atoms in total. The summed E-state index contributed by atoms with van der Waals surface area (Å²) in [4.78, 5) is 14.3. The average molecular weight is 315 g/mol. The highest BCUT2D eigenvalue weighted by atomic mass is 32.1. The van der Waals surface area contributed by atoms with Crippen molar-refractivity contribution in [1.29, 1.82) is 0 Å². The van der Waals surface area contributed by atoms with Crippen LogP contribution < -0.4 is 11.5 Å². The maximum Gasteiger partial charge on any atom is 0.433 e. The molecule has 0 aromatic carbocycles. The molecule has 2 heterocycles. The van der Waals surface area contributed by atoms with Gasteiger partial charge in [-0.15, -0.1) is 0 Å². The summed E-state index contributed by atoms with van der Waals surface area (Å²) in [6.07, 6.45) is -3.40. The van der Waals surface area contributed by atoms with Crippen LogP contribution in [0.3, 0.4) is 0 Å². The van der Waals surface area contributed by atoms with E-state index in [0.29, 0.717) is 0 Å². The van der Waals surface area contributed by atoms with Crippen LogP contribution in [0.4, 0.5) is 13.2 Å². The van der Waals surface area contributed by atoms with Crippen molar-refractivity contribution in [1.82, 2.24) is 14.8 Å². The smallest absolute Gasteiger partial charge is 0.389 e. The van der Waals surface area contributed by atoms with E-state index < -0.39 is 17.8 Å². The van der Waals surface area contributed by atoms with Gasteiger partial charge in [0, 0.05) is 6.20 Å². The zero-order valence-corrected chi connectivity index (χ0v) is 11.1. The van der Waals surface area contributed by atoms with Gasteiger partial charge in [0.25, 0.3) is 5.91 Å². The first-order valence-corrected chi connectivity index (χ1v) is 5.85. The van der Waals surface area contributed by atoms with Crippen molar-refractivity contribution in [3.8, 4) is 5.82 Å². The summed E-state index contributed by atoms with van der Waals surface area (Å²) in [7, 11) is 0. The second-order valence-electron chi connectivity index (χ2n) is 3.94. The van der Waals surface area contributed by atoms with Gasteiger partial charge in [-0.25, -0.2) is 9.67 Å². The average Bonchev–Trinajstić information content (AvgIpc) is 2.86. The van der Waals surface area contributed by atoms with E-state index >= 15 is 0 Å². The van der Waals surface area contributed by atoms with Crippen LogP contribution in [0.2, 0.25) is 0 Å². The molecule has 0 aliphatic rings. The topological polar surface area (TPSA) is 99.8 Å². The Hall–Kier alpha value is -2.49. The fourth-order valence-electron chi connectivity index (χ4n) is 1.55. The Balaban J connectivity index is 2.62. The summed E-state index contributed by atoms with van der Waals surface area (Å²) >= 11 is 4.77. The van der Waals surface area contributed by atoms with Crippen molar-refractivity contribution >= 4 is 23.1 Å². The van der Waals surface area contributed by atoms with Crippen LogP contribution in [0, 0.1) is 0 Å². The quantitative estimate of drug-likeness (QED) is 0.824. The molecule has 0 aliphatic heterocycles. The van der Waals surface area contributed by atoms with Crippen LogP contribution >= 0.6 is 12.2 Å². The van der Waals surface area contributed by atoms with Crippen molar-refractivity contribution in [2.75, 3.05) is 0 Å². The van der Waals surface area contributed by atoms with Crippen LogP contribution in [-0.4, -0.2) is 25.7 Å². The lowest BCUT2D eigenvalue weighted by atomic mass is 10.2. The lowest BCUT2D eigenvalue weighted by molar-refractivity contribution is -0.141. The normalized spacial score (nSPS) is 11.4. The number of primary amides is 1. The second-order valence-corrected chi connectivity index (χ2v) is 4.38. The largest absolute Gasteiger partial charge is 0.433 e. The molecule has 0 aliphatic carbocycles. The minimum atomic E-state index is -4.64. The molecule has 0 unspecified atom stereocenters. The number of amides is 1. The van der Waals surface area contributed by atoms with Gasteiger partial charge in [-0.3, -0.25) is 4.79 Å². The van der Waals surface area contributed by atoms with Crippen LogP contribution in [0.25, 0.3) is 5.82 Å². The molecule has 10 heteroatoms. The number of carbonyl (C=O) groups is 1. The fraction of sp³-hybridized carbons (Fsp3) is 0.0909. The predicted octanol–water partition coefficient (Wildman–Crippen LogP) is 1.02. The molecule has 0 atom stereocenters. The van der Waals surface area contributed by atoms with Gasteiger partial charge in [0.2, 0.25) is 0 Å². The summed E-state index contributed by atoms with van der Waals surface area (Å²) in [6.45, 7) is 0. The Morgan fingerprint density at radius 2 is 1.90 bits per heavy atom. The predicted molar refractivity (Wildman–Crippen MR) is 70.8 cm³/mol. The van der Waals surface area contributed by atoms with Gasteiger partial charge in [-0.2, -0.15) is 18.3 Å². The third-order valence-electron chi connectivity index (χ3n) is 2.49. The van der Waals surface area contributed by atoms with Crippen LogP contribution in [0.15, 0.2) is 24.4 Å². The molecular weight excluding hydrogens is 307 g/mol. The first-order valence-electron chi connectivity index (χ1n) is 5.44. The molecule has 0 radical (unpaired) electrons. The Morgan fingerprint density at radius 3 is 2.38 bits per heavy atom. The molecular formula is C11H8F3N5OS. The highest BCUT2D eigenvalue weighted by molar-refractivity contribution is 7.80. The molecule has 0 spiro atoms. The van der Waals surface area contributed by atoms with E-state index in [0.717, 1.165) is 16.8 Å². The molecule has 4 N–H and O–H groups in total. The van der Waals surface area contributed by atoms with Crippen molar-refractivity contribution in [2.24, 2.45) is 11.5 Å².